The predicted molar refractivity (Wildman–Crippen MR) is 84.3 cm³/mol. The molecule has 0 saturated heterocycles. The number of aliphatic carboxylic acids is 1. The van der Waals surface area contributed by atoms with Crippen LogP contribution in [-0.4, -0.2) is 29.6 Å². The third kappa shape index (κ3) is 5.04. The fraction of sp³-hybridized carbons (Fsp3) is 0.278. The molecular weight excluding hydrogens is 262 g/mol. The van der Waals surface area contributed by atoms with Gasteiger partial charge in [-0.3, -0.25) is 4.79 Å². The first-order valence-corrected chi connectivity index (χ1v) is 7.16. The Labute approximate surface area is 125 Å². The molecule has 2 rings (SSSR count). The van der Waals surface area contributed by atoms with Crippen molar-refractivity contribution in [2.24, 2.45) is 0 Å². The average molecular weight is 283 g/mol. The third-order valence-corrected chi connectivity index (χ3v) is 3.52. The zero-order valence-electron chi connectivity index (χ0n) is 12.3. The first-order valence-electron chi connectivity index (χ1n) is 7.16. The van der Waals surface area contributed by atoms with Gasteiger partial charge < -0.3 is 10.0 Å². The van der Waals surface area contributed by atoms with E-state index in [1.54, 1.807) is 0 Å². The molecule has 0 radical (unpaired) electrons. The largest absolute Gasteiger partial charge is 0.481 e. The van der Waals surface area contributed by atoms with Crippen molar-refractivity contribution in [1.29, 1.82) is 0 Å². The van der Waals surface area contributed by atoms with E-state index in [-0.39, 0.29) is 6.42 Å². The van der Waals surface area contributed by atoms with E-state index in [9.17, 15) is 4.79 Å². The van der Waals surface area contributed by atoms with Crippen LogP contribution in [0.1, 0.15) is 16.7 Å². The number of carboxylic acid groups (broad SMARTS) is 1. The van der Waals surface area contributed by atoms with Gasteiger partial charge in [-0.05, 0) is 30.2 Å². The fourth-order valence-corrected chi connectivity index (χ4v) is 2.42. The SMILES string of the molecule is CN(CCc1ccccc1CC(=O)O)Cc1ccccc1. The molecule has 21 heavy (non-hydrogen) atoms. The molecule has 0 aliphatic carbocycles. The van der Waals surface area contributed by atoms with Crippen molar-refractivity contribution in [3.8, 4) is 0 Å². The Morgan fingerprint density at radius 3 is 2.29 bits per heavy atom. The summed E-state index contributed by atoms with van der Waals surface area (Å²) in [5.74, 6) is -0.778. The van der Waals surface area contributed by atoms with Crippen LogP contribution in [0.5, 0.6) is 0 Å². The molecule has 0 aliphatic rings. The average Bonchev–Trinajstić information content (AvgIpc) is 2.47. The number of carbonyl (C=O) groups is 1. The fourth-order valence-electron chi connectivity index (χ4n) is 2.42. The van der Waals surface area contributed by atoms with Crippen molar-refractivity contribution >= 4 is 5.97 Å². The molecule has 0 heterocycles. The summed E-state index contributed by atoms with van der Waals surface area (Å²) < 4.78 is 0. The molecule has 0 aliphatic heterocycles. The van der Waals surface area contributed by atoms with Gasteiger partial charge in [0.05, 0.1) is 6.42 Å². The van der Waals surface area contributed by atoms with Crippen LogP contribution in [0.4, 0.5) is 0 Å². The topological polar surface area (TPSA) is 40.5 Å². The minimum absolute atomic E-state index is 0.0958. The van der Waals surface area contributed by atoms with Gasteiger partial charge in [-0.1, -0.05) is 54.6 Å². The molecule has 0 spiro atoms. The maximum Gasteiger partial charge on any atom is 0.307 e. The lowest BCUT2D eigenvalue weighted by molar-refractivity contribution is -0.136. The van der Waals surface area contributed by atoms with Crippen molar-refractivity contribution in [3.63, 3.8) is 0 Å². The van der Waals surface area contributed by atoms with Crippen LogP contribution < -0.4 is 0 Å². The van der Waals surface area contributed by atoms with E-state index in [1.807, 2.05) is 42.5 Å². The summed E-state index contributed by atoms with van der Waals surface area (Å²) in [5.41, 5.74) is 3.33. The number of hydrogen-bond acceptors (Lipinski definition) is 2. The van der Waals surface area contributed by atoms with E-state index in [0.717, 1.165) is 30.6 Å². The molecule has 0 aromatic heterocycles. The molecular formula is C18H21NO2. The third-order valence-electron chi connectivity index (χ3n) is 3.52. The minimum Gasteiger partial charge on any atom is -0.481 e. The molecule has 2 aromatic rings. The predicted octanol–water partition coefficient (Wildman–Crippen LogP) is 2.99. The Morgan fingerprint density at radius 1 is 1.00 bits per heavy atom. The molecule has 3 nitrogen and oxygen atoms in total. The standard InChI is InChI=1S/C18H21NO2/c1-19(14-15-7-3-2-4-8-15)12-11-16-9-5-6-10-17(16)13-18(20)21/h2-10H,11-14H2,1H3,(H,20,21). The maximum atomic E-state index is 10.9. The number of nitrogens with zero attached hydrogens (tertiary/aromatic N) is 1. The molecule has 0 unspecified atom stereocenters. The molecule has 0 bridgehead atoms. The summed E-state index contributed by atoms with van der Waals surface area (Å²) in [5, 5.41) is 8.95. The minimum atomic E-state index is -0.778. The summed E-state index contributed by atoms with van der Waals surface area (Å²) in [6.07, 6.45) is 0.964. The lowest BCUT2D eigenvalue weighted by Gasteiger charge is -2.17. The maximum absolute atomic E-state index is 10.9. The van der Waals surface area contributed by atoms with Gasteiger partial charge in [-0.25, -0.2) is 0 Å². The second-order valence-corrected chi connectivity index (χ2v) is 5.31. The lowest BCUT2D eigenvalue weighted by atomic mass is 10.0. The second kappa shape index (κ2) is 7.60. The van der Waals surface area contributed by atoms with Crippen LogP contribution in [0.2, 0.25) is 0 Å². The number of hydrogen-bond donors (Lipinski definition) is 1. The summed E-state index contributed by atoms with van der Waals surface area (Å²) >= 11 is 0. The zero-order chi connectivity index (χ0) is 15.1. The highest BCUT2D eigenvalue weighted by molar-refractivity contribution is 5.70. The van der Waals surface area contributed by atoms with Crippen LogP contribution >= 0.6 is 0 Å². The van der Waals surface area contributed by atoms with Crippen molar-refractivity contribution in [2.75, 3.05) is 13.6 Å². The first-order chi connectivity index (χ1) is 10.1. The molecule has 2 aromatic carbocycles. The smallest absolute Gasteiger partial charge is 0.307 e. The molecule has 0 atom stereocenters. The summed E-state index contributed by atoms with van der Waals surface area (Å²) in [7, 11) is 2.09. The normalized spacial score (nSPS) is 10.8. The van der Waals surface area contributed by atoms with E-state index in [2.05, 4.69) is 24.1 Å². The highest BCUT2D eigenvalue weighted by atomic mass is 16.4. The monoisotopic (exact) mass is 283 g/mol. The number of benzene rings is 2. The van der Waals surface area contributed by atoms with Crippen molar-refractivity contribution < 1.29 is 9.90 Å². The zero-order valence-corrected chi connectivity index (χ0v) is 12.3. The van der Waals surface area contributed by atoms with Gasteiger partial charge in [0, 0.05) is 13.1 Å². The summed E-state index contributed by atoms with van der Waals surface area (Å²) in [4.78, 5) is 13.1. The Bertz CT molecular complexity index is 581. The van der Waals surface area contributed by atoms with Crippen LogP contribution in [0.15, 0.2) is 54.6 Å². The van der Waals surface area contributed by atoms with Crippen LogP contribution in [0, 0.1) is 0 Å². The molecule has 0 fully saturated rings. The lowest BCUT2D eigenvalue weighted by Crippen LogP contribution is -2.21. The van der Waals surface area contributed by atoms with Crippen LogP contribution in [-0.2, 0) is 24.2 Å². The van der Waals surface area contributed by atoms with Crippen molar-refractivity contribution in [1.82, 2.24) is 4.90 Å². The summed E-state index contributed by atoms with van der Waals surface area (Å²) in [6, 6.07) is 18.1. The molecule has 0 amide bonds. The van der Waals surface area contributed by atoms with E-state index in [0.29, 0.717) is 0 Å². The molecule has 0 saturated carbocycles. The van der Waals surface area contributed by atoms with E-state index < -0.39 is 5.97 Å². The molecule has 3 heteroatoms. The number of rotatable bonds is 7. The summed E-state index contributed by atoms with van der Waals surface area (Å²) in [6.45, 7) is 1.81. The Balaban J connectivity index is 1.92. The van der Waals surface area contributed by atoms with E-state index >= 15 is 0 Å². The van der Waals surface area contributed by atoms with Gasteiger partial charge in [0.1, 0.15) is 0 Å². The van der Waals surface area contributed by atoms with Gasteiger partial charge in [-0.15, -0.1) is 0 Å². The Hall–Kier alpha value is -2.13. The molecule has 1 N–H and O–H groups in total. The second-order valence-electron chi connectivity index (χ2n) is 5.31. The van der Waals surface area contributed by atoms with E-state index in [1.165, 1.54) is 5.56 Å². The quantitative estimate of drug-likeness (QED) is 0.849. The van der Waals surface area contributed by atoms with Gasteiger partial charge in [0.2, 0.25) is 0 Å². The van der Waals surface area contributed by atoms with Gasteiger partial charge in [-0.2, -0.15) is 0 Å². The van der Waals surface area contributed by atoms with E-state index in [4.69, 9.17) is 5.11 Å². The number of carboxylic acids is 1. The highest BCUT2D eigenvalue weighted by Crippen LogP contribution is 2.12. The first kappa shape index (κ1) is 15.3. The number of likely N-dealkylation sites (N-methyl/N-ethyl adjacent to an activating group) is 1. The van der Waals surface area contributed by atoms with Crippen LogP contribution in [0.3, 0.4) is 0 Å². The molecule has 110 valence electrons. The van der Waals surface area contributed by atoms with Gasteiger partial charge in [0.15, 0.2) is 0 Å². The Kier molecular flexibility index (Phi) is 5.52. The van der Waals surface area contributed by atoms with Crippen molar-refractivity contribution in [3.05, 3.63) is 71.3 Å². The van der Waals surface area contributed by atoms with Crippen LogP contribution in [0.25, 0.3) is 0 Å². The van der Waals surface area contributed by atoms with Crippen molar-refractivity contribution in [2.45, 2.75) is 19.4 Å². The van der Waals surface area contributed by atoms with Gasteiger partial charge >= 0.3 is 5.97 Å². The van der Waals surface area contributed by atoms with Gasteiger partial charge in [0.25, 0.3) is 0 Å². The highest BCUT2D eigenvalue weighted by Gasteiger charge is 2.07. The Morgan fingerprint density at radius 2 is 1.62 bits per heavy atom.